The summed E-state index contributed by atoms with van der Waals surface area (Å²) in [7, 11) is 0. The Morgan fingerprint density at radius 2 is 0.487 bits per heavy atom. The van der Waals surface area contributed by atoms with Gasteiger partial charge in [0.1, 0.15) is 0 Å². The largest absolute Gasteiger partial charge is 0.382 e. The van der Waals surface area contributed by atoms with Gasteiger partial charge >= 0.3 is 0 Å². The zero-order valence-electron chi connectivity index (χ0n) is 19.1. The van der Waals surface area contributed by atoms with Crippen LogP contribution in [0.3, 0.4) is 0 Å². The van der Waals surface area contributed by atoms with E-state index < -0.39 is 110 Å². The number of ether oxygens (including phenoxy) is 1. The minimum absolute atomic E-state index is 0.844. The third kappa shape index (κ3) is 5.40. The van der Waals surface area contributed by atoms with Crippen LogP contribution in [0.2, 0.25) is 0 Å². The lowest BCUT2D eigenvalue weighted by Gasteiger charge is -2.21. The maximum atomic E-state index is 14.4. The molecule has 0 saturated carbocycles. The van der Waals surface area contributed by atoms with Crippen LogP contribution in [0.25, 0.3) is 0 Å². The summed E-state index contributed by atoms with van der Waals surface area (Å²) in [5.74, 6) is -45.2. The molecule has 0 radical (unpaired) electrons. The summed E-state index contributed by atoms with van der Waals surface area (Å²) >= 11 is 0. The zero-order chi connectivity index (χ0) is 30.1. The van der Waals surface area contributed by atoms with E-state index in [1.165, 1.54) is 0 Å². The molecule has 3 aromatic rings. The average Bonchev–Trinajstić information content (AvgIpc) is 2.91. The van der Waals surface area contributed by atoms with Crippen LogP contribution < -0.4 is 16.4 Å². The highest BCUT2D eigenvalue weighted by molar-refractivity contribution is 6.95. The molecule has 3 aromatic carbocycles. The van der Waals surface area contributed by atoms with Gasteiger partial charge in [-0.05, 0) is 13.8 Å². The van der Waals surface area contributed by atoms with Crippen LogP contribution >= 0.6 is 0 Å². The second-order valence-corrected chi connectivity index (χ2v) is 7.17. The smallest absolute Gasteiger partial charge is 0.265 e. The van der Waals surface area contributed by atoms with Gasteiger partial charge in [-0.3, -0.25) is 0 Å². The standard InChI is InChI=1S/C18BF15.C4H10O/c20-4-1(5(21)11(27)16(32)10(4)26)19(2-6(22)12(28)17(33)13(29)7(2)23)3-8(24)14(30)18(34)15(31)9(3)25;1-3-5-4-2/h;3-4H2,1-2H3. The Morgan fingerprint density at radius 1 is 0.333 bits per heavy atom. The lowest BCUT2D eigenvalue weighted by Crippen LogP contribution is -2.60. The van der Waals surface area contributed by atoms with E-state index in [4.69, 9.17) is 4.74 Å². The maximum Gasteiger partial charge on any atom is 0.265 e. The minimum Gasteiger partial charge on any atom is -0.382 e. The van der Waals surface area contributed by atoms with E-state index in [1.807, 2.05) is 13.8 Å². The molecule has 0 atom stereocenters. The van der Waals surface area contributed by atoms with E-state index in [9.17, 15) is 65.9 Å². The fraction of sp³-hybridized carbons (Fsp3) is 0.182. The van der Waals surface area contributed by atoms with Gasteiger partial charge in [-0.25, -0.2) is 65.9 Å². The minimum atomic E-state index is -3.96. The van der Waals surface area contributed by atoms with Crippen molar-refractivity contribution in [3.63, 3.8) is 0 Å². The van der Waals surface area contributed by atoms with Crippen molar-refractivity contribution in [2.75, 3.05) is 13.2 Å². The fourth-order valence-electron chi connectivity index (χ4n) is 3.26. The summed E-state index contributed by atoms with van der Waals surface area (Å²) in [6.45, 7) is 1.71. The molecule has 0 spiro atoms. The van der Waals surface area contributed by atoms with Crippen LogP contribution in [-0.2, 0) is 4.74 Å². The Bertz CT molecular complexity index is 1170. The quantitative estimate of drug-likeness (QED) is 0.170. The molecule has 0 aliphatic carbocycles. The molecule has 0 saturated heterocycles. The summed E-state index contributed by atoms with van der Waals surface area (Å²) in [4.78, 5) is 0. The zero-order valence-corrected chi connectivity index (χ0v) is 19.1. The first-order valence-electron chi connectivity index (χ1n) is 10.2. The number of benzene rings is 3. The highest BCUT2D eigenvalue weighted by Gasteiger charge is 2.45. The first-order valence-corrected chi connectivity index (χ1v) is 10.2. The topological polar surface area (TPSA) is 9.23 Å². The molecule has 0 aliphatic heterocycles. The van der Waals surface area contributed by atoms with Crippen molar-refractivity contribution in [2.24, 2.45) is 0 Å². The summed E-state index contributed by atoms with van der Waals surface area (Å²) < 4.78 is 213. The molecule has 0 aromatic heterocycles. The molecule has 0 aliphatic rings. The highest BCUT2D eigenvalue weighted by Crippen LogP contribution is 2.23. The molecule has 0 fully saturated rings. The summed E-state index contributed by atoms with van der Waals surface area (Å²) in [6, 6.07) is 0. The van der Waals surface area contributed by atoms with Crippen molar-refractivity contribution >= 4 is 23.1 Å². The second-order valence-electron chi connectivity index (χ2n) is 7.17. The highest BCUT2D eigenvalue weighted by atomic mass is 19.2. The molecule has 0 bridgehead atoms. The molecule has 0 unspecified atom stereocenters. The van der Waals surface area contributed by atoms with Gasteiger partial charge in [0.2, 0.25) is 0 Å². The number of hydrogen-bond donors (Lipinski definition) is 0. The summed E-state index contributed by atoms with van der Waals surface area (Å²) in [6.07, 6.45) is 0. The molecule has 39 heavy (non-hydrogen) atoms. The Hall–Kier alpha value is -3.37. The molecular formula is C22H10BF15O. The van der Waals surface area contributed by atoms with Gasteiger partial charge < -0.3 is 4.74 Å². The normalized spacial score (nSPS) is 11.0. The Balaban J connectivity index is 0.000000976. The summed E-state index contributed by atoms with van der Waals surface area (Å²) in [5.41, 5.74) is -8.03. The molecule has 0 heterocycles. The van der Waals surface area contributed by atoms with Crippen molar-refractivity contribution in [2.45, 2.75) is 13.8 Å². The van der Waals surface area contributed by atoms with E-state index >= 15 is 0 Å². The molecule has 17 heteroatoms. The molecule has 212 valence electrons. The Kier molecular flexibility index (Phi) is 9.98. The van der Waals surface area contributed by atoms with Gasteiger partial charge in [-0.2, -0.15) is 0 Å². The number of rotatable bonds is 5. The Labute approximate surface area is 208 Å². The molecule has 1 nitrogen and oxygen atoms in total. The van der Waals surface area contributed by atoms with Gasteiger partial charge in [0.15, 0.2) is 87.3 Å². The first-order chi connectivity index (χ1) is 18.1. The maximum absolute atomic E-state index is 14.4. The van der Waals surface area contributed by atoms with Crippen molar-refractivity contribution in [3.8, 4) is 0 Å². The van der Waals surface area contributed by atoms with Crippen LogP contribution in [0.5, 0.6) is 0 Å². The van der Waals surface area contributed by atoms with Gasteiger partial charge in [0, 0.05) is 29.6 Å². The van der Waals surface area contributed by atoms with E-state index in [-0.39, 0.29) is 0 Å². The van der Waals surface area contributed by atoms with Crippen LogP contribution in [0.15, 0.2) is 0 Å². The molecule has 0 amide bonds. The predicted octanol–water partition coefficient (Wildman–Crippen LogP) is 5.33. The van der Waals surface area contributed by atoms with E-state index in [1.54, 1.807) is 0 Å². The van der Waals surface area contributed by atoms with Crippen molar-refractivity contribution in [1.29, 1.82) is 0 Å². The fourth-order valence-corrected chi connectivity index (χ4v) is 3.26. The monoisotopic (exact) mass is 586 g/mol. The van der Waals surface area contributed by atoms with Gasteiger partial charge in [0.05, 0.1) is 0 Å². The van der Waals surface area contributed by atoms with Crippen LogP contribution in [0.1, 0.15) is 13.8 Å². The number of halogens is 15. The van der Waals surface area contributed by atoms with E-state index in [0.29, 0.717) is 0 Å². The first kappa shape index (κ1) is 31.9. The third-order valence-electron chi connectivity index (χ3n) is 5.01. The van der Waals surface area contributed by atoms with Crippen LogP contribution in [0, 0.1) is 87.3 Å². The lowest BCUT2D eigenvalue weighted by atomic mass is 9.36. The van der Waals surface area contributed by atoms with Crippen LogP contribution in [0.4, 0.5) is 65.9 Å². The van der Waals surface area contributed by atoms with E-state index in [2.05, 4.69) is 0 Å². The lowest BCUT2D eigenvalue weighted by molar-refractivity contribution is 0.162. The van der Waals surface area contributed by atoms with Gasteiger partial charge in [0.25, 0.3) is 6.71 Å². The third-order valence-corrected chi connectivity index (χ3v) is 5.01. The van der Waals surface area contributed by atoms with E-state index in [0.717, 1.165) is 13.2 Å². The van der Waals surface area contributed by atoms with Crippen molar-refractivity contribution in [3.05, 3.63) is 87.3 Å². The van der Waals surface area contributed by atoms with Gasteiger partial charge in [-0.1, -0.05) is 0 Å². The van der Waals surface area contributed by atoms with Gasteiger partial charge in [-0.15, -0.1) is 0 Å². The SMILES string of the molecule is CCOCC.Fc1c(F)c(F)c(B(c2c(F)c(F)c(F)c(F)c2F)c2c(F)c(F)c(F)c(F)c2F)c(F)c1F. The Morgan fingerprint density at radius 3 is 0.615 bits per heavy atom. The molecule has 0 N–H and O–H groups in total. The molecule has 3 rings (SSSR count). The average molecular weight is 586 g/mol. The van der Waals surface area contributed by atoms with Crippen LogP contribution in [-0.4, -0.2) is 19.9 Å². The predicted molar refractivity (Wildman–Crippen MR) is 106 cm³/mol. The van der Waals surface area contributed by atoms with Crippen molar-refractivity contribution < 1.29 is 70.6 Å². The summed E-state index contributed by atoms with van der Waals surface area (Å²) in [5, 5.41) is 0. The second kappa shape index (κ2) is 12.2. The van der Waals surface area contributed by atoms with Crippen molar-refractivity contribution in [1.82, 2.24) is 0 Å². The molecular weight excluding hydrogens is 576 g/mol. The number of hydrogen-bond acceptors (Lipinski definition) is 1.